The van der Waals surface area contributed by atoms with E-state index in [0.29, 0.717) is 0 Å². The Morgan fingerprint density at radius 3 is 2.64 bits per heavy atom. The fourth-order valence-electron chi connectivity index (χ4n) is 1.64. The molecule has 1 aromatic rings. The summed E-state index contributed by atoms with van der Waals surface area (Å²) in [6, 6.07) is 5.39. The molecule has 6 nitrogen and oxygen atoms in total. The van der Waals surface area contributed by atoms with E-state index >= 15 is 0 Å². The van der Waals surface area contributed by atoms with Crippen molar-refractivity contribution in [1.82, 2.24) is 5.32 Å². The van der Waals surface area contributed by atoms with Gasteiger partial charge in [-0.05, 0) is 19.1 Å². The van der Waals surface area contributed by atoms with Crippen LogP contribution in [-0.2, 0) is 20.2 Å². The zero-order valence-corrected chi connectivity index (χ0v) is 12.0. The van der Waals surface area contributed by atoms with Crippen LogP contribution in [0.5, 0.6) is 5.75 Å². The fraction of sp³-hybridized carbons (Fsp3) is 0.429. The van der Waals surface area contributed by atoms with Crippen molar-refractivity contribution in [2.45, 2.75) is 12.8 Å². The molecule has 0 aliphatic heterocycles. The Morgan fingerprint density at radius 2 is 2.00 bits per heavy atom. The Balaban J connectivity index is 2.65. The quantitative estimate of drug-likeness (QED) is 0.672. The minimum absolute atomic E-state index is 0.0627. The average molecular weight is 317 g/mol. The van der Waals surface area contributed by atoms with E-state index in [-0.39, 0.29) is 25.5 Å². The lowest BCUT2D eigenvalue weighted by molar-refractivity contribution is -0.147. The first-order valence-corrected chi connectivity index (χ1v) is 6.57. The molecule has 8 heteroatoms. The average Bonchev–Trinajstić information content (AvgIpc) is 2.47. The van der Waals surface area contributed by atoms with Crippen LogP contribution in [0.3, 0.4) is 0 Å². The maximum absolute atomic E-state index is 14.1. The van der Waals surface area contributed by atoms with Crippen LogP contribution in [0, 0.1) is 0 Å². The third-order valence-electron chi connectivity index (χ3n) is 2.57. The molecule has 0 unspecified atom stereocenters. The van der Waals surface area contributed by atoms with Gasteiger partial charge in [0.2, 0.25) is 0 Å². The van der Waals surface area contributed by atoms with E-state index in [2.05, 4.69) is 4.74 Å². The molecule has 0 aliphatic rings. The first-order valence-electron chi connectivity index (χ1n) is 6.57. The van der Waals surface area contributed by atoms with Gasteiger partial charge in [-0.3, -0.25) is 4.79 Å². The van der Waals surface area contributed by atoms with Crippen molar-refractivity contribution in [2.24, 2.45) is 0 Å². The lowest BCUT2D eigenvalue weighted by Gasteiger charge is -2.19. The van der Waals surface area contributed by atoms with Crippen LogP contribution in [0.1, 0.15) is 12.5 Å². The number of halogens is 2. The summed E-state index contributed by atoms with van der Waals surface area (Å²) in [7, 11) is 0. The van der Waals surface area contributed by atoms with E-state index in [9.17, 15) is 18.4 Å². The molecule has 0 aromatic heterocycles. The number of hydrogen-bond acceptors (Lipinski definition) is 4. The molecular formula is C14H17F2NO5. The van der Waals surface area contributed by atoms with Crippen molar-refractivity contribution in [3.8, 4) is 5.75 Å². The second-order valence-electron chi connectivity index (χ2n) is 4.21. The van der Waals surface area contributed by atoms with Gasteiger partial charge < -0.3 is 19.9 Å². The molecule has 0 heterocycles. The van der Waals surface area contributed by atoms with Gasteiger partial charge in [-0.25, -0.2) is 4.79 Å². The smallest absolute Gasteiger partial charge is 0.353 e. The third-order valence-corrected chi connectivity index (χ3v) is 2.57. The van der Waals surface area contributed by atoms with E-state index < -0.39 is 30.0 Å². The largest absolute Gasteiger partial charge is 0.493 e. The molecule has 0 bridgehead atoms. The minimum atomic E-state index is -3.77. The molecule has 0 aliphatic carbocycles. The van der Waals surface area contributed by atoms with Crippen LogP contribution in [0.4, 0.5) is 8.78 Å². The summed E-state index contributed by atoms with van der Waals surface area (Å²) >= 11 is 0. The maximum Gasteiger partial charge on any atom is 0.353 e. The summed E-state index contributed by atoms with van der Waals surface area (Å²) in [4.78, 5) is 21.8. The third kappa shape index (κ3) is 4.96. The van der Waals surface area contributed by atoms with Gasteiger partial charge in [-0.15, -0.1) is 0 Å². The second-order valence-corrected chi connectivity index (χ2v) is 4.21. The molecule has 1 rings (SSSR count). The van der Waals surface area contributed by atoms with E-state index in [4.69, 9.17) is 9.84 Å². The van der Waals surface area contributed by atoms with Gasteiger partial charge >= 0.3 is 11.9 Å². The minimum Gasteiger partial charge on any atom is -0.493 e. The zero-order valence-electron chi connectivity index (χ0n) is 12.0. The second kappa shape index (κ2) is 8.28. The number of benzene rings is 1. The summed E-state index contributed by atoms with van der Waals surface area (Å²) in [5.74, 6) is -6.51. The van der Waals surface area contributed by atoms with Crippen molar-refractivity contribution in [3.05, 3.63) is 29.8 Å². The van der Waals surface area contributed by atoms with Crippen LogP contribution in [0.2, 0.25) is 0 Å². The molecule has 122 valence electrons. The number of rotatable bonds is 9. The van der Waals surface area contributed by atoms with Crippen molar-refractivity contribution in [2.75, 3.05) is 26.4 Å². The number of carboxylic acids is 1. The maximum atomic E-state index is 14.1. The molecule has 0 spiro atoms. The van der Waals surface area contributed by atoms with E-state index in [0.717, 1.165) is 6.07 Å². The molecule has 0 saturated carbocycles. The van der Waals surface area contributed by atoms with Gasteiger partial charge in [0.1, 0.15) is 12.4 Å². The normalized spacial score (nSPS) is 11.0. The lowest BCUT2D eigenvalue weighted by atomic mass is 10.1. The Kier molecular flexibility index (Phi) is 6.71. The number of ether oxygens (including phenoxy) is 2. The van der Waals surface area contributed by atoms with Crippen molar-refractivity contribution < 1.29 is 33.0 Å². The predicted molar refractivity (Wildman–Crippen MR) is 73.0 cm³/mol. The van der Waals surface area contributed by atoms with Crippen LogP contribution < -0.4 is 10.1 Å². The Hall–Kier alpha value is -2.22. The number of aliphatic carboxylic acids is 1. The number of amides is 1. The highest BCUT2D eigenvalue weighted by Gasteiger charge is 2.43. The van der Waals surface area contributed by atoms with E-state index in [1.165, 1.54) is 18.2 Å². The lowest BCUT2D eigenvalue weighted by Crippen LogP contribution is -2.40. The molecule has 0 radical (unpaired) electrons. The van der Waals surface area contributed by atoms with Crippen LogP contribution in [-0.4, -0.2) is 43.3 Å². The standard InChI is InChI=1S/C14H17F2NO5/c1-2-22-11-6-4-3-5-10(11)14(15,16)13(20)17-7-8-21-9-12(18)19/h3-6H,2,7-9H2,1H3,(H,17,20)(H,18,19). The van der Waals surface area contributed by atoms with E-state index in [1.54, 1.807) is 6.92 Å². The molecule has 0 atom stereocenters. The zero-order chi connectivity index (χ0) is 16.6. The number of carbonyl (C=O) groups excluding carboxylic acids is 1. The highest BCUT2D eigenvalue weighted by Crippen LogP contribution is 2.35. The summed E-state index contributed by atoms with van der Waals surface area (Å²) in [6.07, 6.45) is 0. The SMILES string of the molecule is CCOc1ccccc1C(F)(F)C(=O)NCCOCC(=O)O. The molecular weight excluding hydrogens is 300 g/mol. The Morgan fingerprint density at radius 1 is 1.32 bits per heavy atom. The summed E-state index contributed by atoms with van der Waals surface area (Å²) in [5, 5.41) is 10.3. The highest BCUT2D eigenvalue weighted by molar-refractivity contribution is 5.85. The molecule has 0 saturated heterocycles. The first kappa shape index (κ1) is 17.8. The van der Waals surface area contributed by atoms with Gasteiger partial charge in [-0.1, -0.05) is 12.1 Å². The van der Waals surface area contributed by atoms with Gasteiger partial charge in [0.15, 0.2) is 0 Å². The Labute approximate surface area is 126 Å². The summed E-state index contributed by atoms with van der Waals surface area (Å²) in [5.41, 5.74) is -0.527. The van der Waals surface area contributed by atoms with Gasteiger partial charge in [-0.2, -0.15) is 8.78 Å². The number of alkyl halides is 2. The first-order chi connectivity index (χ1) is 10.4. The summed E-state index contributed by atoms with van der Waals surface area (Å²) < 4.78 is 38.0. The summed E-state index contributed by atoms with van der Waals surface area (Å²) in [6.45, 7) is 0.881. The van der Waals surface area contributed by atoms with Gasteiger partial charge in [0, 0.05) is 6.54 Å². The Bertz CT molecular complexity index is 522. The monoisotopic (exact) mass is 317 g/mol. The van der Waals surface area contributed by atoms with Crippen molar-refractivity contribution in [1.29, 1.82) is 0 Å². The number of hydrogen-bond donors (Lipinski definition) is 2. The number of carboxylic acid groups (broad SMARTS) is 1. The molecule has 2 N–H and O–H groups in total. The molecule has 22 heavy (non-hydrogen) atoms. The van der Waals surface area contributed by atoms with Gasteiger partial charge in [0.25, 0.3) is 5.91 Å². The highest BCUT2D eigenvalue weighted by atomic mass is 19.3. The fourth-order valence-corrected chi connectivity index (χ4v) is 1.64. The number of nitrogens with one attached hydrogen (secondary N) is 1. The van der Waals surface area contributed by atoms with Gasteiger partial charge in [0.05, 0.1) is 18.8 Å². The van der Waals surface area contributed by atoms with Crippen LogP contribution in [0.25, 0.3) is 0 Å². The number of carbonyl (C=O) groups is 2. The molecule has 0 fully saturated rings. The van der Waals surface area contributed by atoms with Crippen LogP contribution in [0.15, 0.2) is 24.3 Å². The van der Waals surface area contributed by atoms with Crippen molar-refractivity contribution >= 4 is 11.9 Å². The molecule has 1 aromatic carbocycles. The topological polar surface area (TPSA) is 84.9 Å². The van der Waals surface area contributed by atoms with E-state index in [1.807, 2.05) is 5.32 Å². The van der Waals surface area contributed by atoms with Crippen molar-refractivity contribution in [3.63, 3.8) is 0 Å². The molecule has 1 amide bonds. The number of para-hydroxylation sites is 1. The predicted octanol–water partition coefficient (Wildman–Crippen LogP) is 1.39. The van der Waals surface area contributed by atoms with Crippen LogP contribution >= 0.6 is 0 Å².